The first-order valence-corrected chi connectivity index (χ1v) is 7.96. The van der Waals surface area contributed by atoms with Crippen molar-refractivity contribution in [3.8, 4) is 0 Å². The summed E-state index contributed by atoms with van der Waals surface area (Å²) in [5, 5.41) is 2.95. The molecule has 0 spiro atoms. The van der Waals surface area contributed by atoms with Crippen molar-refractivity contribution in [2.75, 3.05) is 5.32 Å². The Kier molecular flexibility index (Phi) is 4.72. The molecule has 0 atom stereocenters. The minimum Gasteiger partial charge on any atom is -0.307 e. The number of amides is 2. The summed E-state index contributed by atoms with van der Waals surface area (Å²) in [5.41, 5.74) is 0.324. The van der Waals surface area contributed by atoms with Crippen LogP contribution in [0.4, 0.5) is 10.5 Å². The molecule has 0 aromatic heterocycles. The number of halogens is 2. The first-order chi connectivity index (χ1) is 9.88. The minimum absolute atomic E-state index is 0.00529. The van der Waals surface area contributed by atoms with Crippen LogP contribution in [0.3, 0.4) is 0 Å². The average Bonchev–Trinajstić information content (AvgIpc) is 2.43. The summed E-state index contributed by atoms with van der Waals surface area (Å²) in [4.78, 5) is 11.7. The molecule has 21 heavy (non-hydrogen) atoms. The van der Waals surface area contributed by atoms with E-state index in [1.54, 1.807) is 18.2 Å². The maximum Gasteiger partial charge on any atom is 0.333 e. The van der Waals surface area contributed by atoms with Crippen LogP contribution in [0.2, 0.25) is 10.0 Å². The summed E-state index contributed by atoms with van der Waals surface area (Å²) in [5.74, 6) is 0. The number of benzene rings is 2. The second-order valence-electron chi connectivity index (χ2n) is 4.00. The molecule has 2 amide bonds. The van der Waals surface area contributed by atoms with Gasteiger partial charge >= 0.3 is 6.03 Å². The molecule has 0 saturated heterocycles. The third-order valence-electron chi connectivity index (χ3n) is 2.46. The first kappa shape index (κ1) is 15.6. The van der Waals surface area contributed by atoms with E-state index in [2.05, 4.69) is 5.32 Å². The second kappa shape index (κ2) is 6.34. The molecule has 0 bridgehead atoms. The lowest BCUT2D eigenvalue weighted by molar-refractivity contribution is 0.256. The van der Waals surface area contributed by atoms with Gasteiger partial charge in [-0.15, -0.1) is 0 Å². The summed E-state index contributed by atoms with van der Waals surface area (Å²) in [7, 11) is -3.92. The number of urea groups is 1. The van der Waals surface area contributed by atoms with Crippen molar-refractivity contribution in [2.24, 2.45) is 0 Å². The van der Waals surface area contributed by atoms with Gasteiger partial charge in [0.1, 0.15) is 0 Å². The van der Waals surface area contributed by atoms with Crippen molar-refractivity contribution in [1.29, 1.82) is 0 Å². The maximum atomic E-state index is 11.9. The van der Waals surface area contributed by atoms with Gasteiger partial charge in [0, 0.05) is 5.69 Å². The van der Waals surface area contributed by atoms with E-state index < -0.39 is 16.1 Å². The number of hydrogen-bond acceptors (Lipinski definition) is 3. The fourth-order valence-corrected chi connectivity index (χ4v) is 2.74. The number of carbonyl (C=O) groups excluding carboxylic acids is 1. The van der Waals surface area contributed by atoms with Gasteiger partial charge in [0.25, 0.3) is 10.0 Å². The summed E-state index contributed by atoms with van der Waals surface area (Å²) in [6.45, 7) is 0. The lowest BCUT2D eigenvalue weighted by atomic mass is 10.3. The zero-order chi connectivity index (χ0) is 15.5. The Morgan fingerprint density at radius 2 is 1.62 bits per heavy atom. The quantitative estimate of drug-likeness (QED) is 0.894. The van der Waals surface area contributed by atoms with E-state index in [4.69, 9.17) is 23.2 Å². The van der Waals surface area contributed by atoms with E-state index in [1.807, 2.05) is 4.72 Å². The maximum absolute atomic E-state index is 11.9. The van der Waals surface area contributed by atoms with Crippen molar-refractivity contribution in [1.82, 2.24) is 4.72 Å². The van der Waals surface area contributed by atoms with Crippen LogP contribution in [0.5, 0.6) is 0 Å². The normalized spacial score (nSPS) is 11.0. The van der Waals surface area contributed by atoms with Gasteiger partial charge < -0.3 is 5.32 Å². The highest BCUT2D eigenvalue weighted by atomic mass is 35.5. The van der Waals surface area contributed by atoms with Crippen LogP contribution in [0, 0.1) is 0 Å². The Bertz CT molecular complexity index is 764. The molecule has 2 rings (SSSR count). The molecule has 5 nitrogen and oxygen atoms in total. The zero-order valence-corrected chi connectivity index (χ0v) is 12.8. The molecule has 8 heteroatoms. The second-order valence-corrected chi connectivity index (χ2v) is 6.50. The highest BCUT2D eigenvalue weighted by molar-refractivity contribution is 7.90. The van der Waals surface area contributed by atoms with Gasteiger partial charge in [0.2, 0.25) is 0 Å². The van der Waals surface area contributed by atoms with Crippen LogP contribution < -0.4 is 10.0 Å². The number of sulfonamides is 1. The lowest BCUT2D eigenvalue weighted by Crippen LogP contribution is -2.34. The Morgan fingerprint density at radius 1 is 0.952 bits per heavy atom. The summed E-state index contributed by atoms with van der Waals surface area (Å²) in [6, 6.07) is 11.1. The Morgan fingerprint density at radius 3 is 2.24 bits per heavy atom. The van der Waals surface area contributed by atoms with Gasteiger partial charge in [-0.05, 0) is 30.3 Å². The fraction of sp³-hybridized carbons (Fsp3) is 0. The minimum atomic E-state index is -3.92. The fourth-order valence-electron chi connectivity index (χ4n) is 1.51. The number of carbonyl (C=O) groups is 1. The van der Waals surface area contributed by atoms with Gasteiger partial charge in [-0.25, -0.2) is 17.9 Å². The molecule has 0 heterocycles. The van der Waals surface area contributed by atoms with E-state index in [-0.39, 0.29) is 9.92 Å². The Labute approximate surface area is 131 Å². The van der Waals surface area contributed by atoms with Gasteiger partial charge in [0.05, 0.1) is 14.9 Å². The average molecular weight is 345 g/mol. The highest BCUT2D eigenvalue weighted by Gasteiger charge is 2.17. The van der Waals surface area contributed by atoms with Gasteiger partial charge in [0.15, 0.2) is 0 Å². The molecule has 2 aromatic carbocycles. The summed E-state index contributed by atoms with van der Waals surface area (Å²) < 4.78 is 25.8. The molecule has 0 unspecified atom stereocenters. The number of nitrogens with one attached hydrogen (secondary N) is 2. The van der Waals surface area contributed by atoms with Crippen molar-refractivity contribution in [3.63, 3.8) is 0 Å². The number of rotatable bonds is 3. The highest BCUT2D eigenvalue weighted by Crippen LogP contribution is 2.24. The smallest absolute Gasteiger partial charge is 0.307 e. The SMILES string of the molecule is O=C(Nc1ccc(Cl)c(Cl)c1)NS(=O)(=O)c1ccccc1. The third kappa shape index (κ3) is 4.10. The molecule has 110 valence electrons. The Balaban J connectivity index is 2.10. The van der Waals surface area contributed by atoms with E-state index >= 15 is 0 Å². The van der Waals surface area contributed by atoms with Gasteiger partial charge in [-0.1, -0.05) is 41.4 Å². The number of hydrogen-bond donors (Lipinski definition) is 2. The van der Waals surface area contributed by atoms with Gasteiger partial charge in [-0.3, -0.25) is 0 Å². The van der Waals surface area contributed by atoms with Crippen LogP contribution in [0.25, 0.3) is 0 Å². The molecule has 2 N–H and O–H groups in total. The molecule has 0 aliphatic rings. The molecule has 0 fully saturated rings. The van der Waals surface area contributed by atoms with Crippen molar-refractivity contribution in [3.05, 3.63) is 58.6 Å². The largest absolute Gasteiger partial charge is 0.333 e. The predicted octanol–water partition coefficient (Wildman–Crippen LogP) is 3.50. The summed E-state index contributed by atoms with van der Waals surface area (Å²) in [6.07, 6.45) is 0. The van der Waals surface area contributed by atoms with Crippen LogP contribution in [-0.2, 0) is 10.0 Å². The monoisotopic (exact) mass is 344 g/mol. The molecule has 0 radical (unpaired) electrons. The molecule has 0 aliphatic carbocycles. The standard InChI is InChI=1S/C13H10Cl2N2O3S/c14-11-7-6-9(8-12(11)15)16-13(18)17-21(19,20)10-4-2-1-3-5-10/h1-8H,(H2,16,17,18). The zero-order valence-electron chi connectivity index (χ0n) is 10.5. The van der Waals surface area contributed by atoms with Crippen LogP contribution in [-0.4, -0.2) is 14.4 Å². The molecule has 0 saturated carbocycles. The first-order valence-electron chi connectivity index (χ1n) is 5.72. The summed E-state index contributed by atoms with van der Waals surface area (Å²) >= 11 is 11.6. The van der Waals surface area contributed by atoms with Crippen molar-refractivity contribution >= 4 is 44.9 Å². The molecule has 2 aromatic rings. The molecular weight excluding hydrogens is 335 g/mol. The van der Waals surface area contributed by atoms with Crippen LogP contribution in [0.15, 0.2) is 53.4 Å². The van der Waals surface area contributed by atoms with Crippen molar-refractivity contribution in [2.45, 2.75) is 4.90 Å². The van der Waals surface area contributed by atoms with E-state index in [0.717, 1.165) is 0 Å². The van der Waals surface area contributed by atoms with Crippen molar-refractivity contribution < 1.29 is 13.2 Å². The molecule has 0 aliphatic heterocycles. The molecular formula is C13H10Cl2N2O3S. The van der Waals surface area contributed by atoms with E-state index in [1.165, 1.54) is 30.3 Å². The van der Waals surface area contributed by atoms with Crippen LogP contribution in [0.1, 0.15) is 0 Å². The van der Waals surface area contributed by atoms with E-state index in [9.17, 15) is 13.2 Å². The Hall–Kier alpha value is -1.76. The van der Waals surface area contributed by atoms with E-state index in [0.29, 0.717) is 10.7 Å². The lowest BCUT2D eigenvalue weighted by Gasteiger charge is -2.09. The predicted molar refractivity (Wildman–Crippen MR) is 82.2 cm³/mol. The third-order valence-corrected chi connectivity index (χ3v) is 4.54. The van der Waals surface area contributed by atoms with Crippen LogP contribution >= 0.6 is 23.2 Å². The topological polar surface area (TPSA) is 75.3 Å². The van der Waals surface area contributed by atoms with Gasteiger partial charge in [-0.2, -0.15) is 0 Å². The number of anilines is 1.